The number of carbonyl (C=O) groups excluding carboxylic acids is 2. The summed E-state index contributed by atoms with van der Waals surface area (Å²) in [6.07, 6.45) is 1.71. The maximum absolute atomic E-state index is 13.1. The van der Waals surface area contributed by atoms with E-state index in [1.54, 1.807) is 26.1 Å². The van der Waals surface area contributed by atoms with E-state index in [1.165, 1.54) is 4.90 Å². The van der Waals surface area contributed by atoms with Gasteiger partial charge in [-0.05, 0) is 38.5 Å². The second-order valence-electron chi connectivity index (χ2n) is 6.77. The predicted octanol–water partition coefficient (Wildman–Crippen LogP) is 3.41. The second-order valence-corrected chi connectivity index (χ2v) is 6.77. The van der Waals surface area contributed by atoms with Crippen molar-refractivity contribution in [3.05, 3.63) is 65.2 Å². The van der Waals surface area contributed by atoms with Gasteiger partial charge in [0, 0.05) is 17.1 Å². The number of urea groups is 1. The van der Waals surface area contributed by atoms with Gasteiger partial charge in [-0.15, -0.1) is 0 Å². The number of aromatic nitrogens is 1. The molecule has 0 aliphatic carbocycles. The first-order valence-electron chi connectivity index (χ1n) is 8.44. The molecule has 2 aromatic heterocycles. The van der Waals surface area contributed by atoms with Crippen molar-refractivity contribution in [1.82, 2.24) is 15.2 Å². The molecule has 4 rings (SSSR count). The van der Waals surface area contributed by atoms with Crippen molar-refractivity contribution < 1.29 is 14.0 Å². The zero-order chi connectivity index (χ0) is 18.5. The van der Waals surface area contributed by atoms with Crippen LogP contribution in [0.5, 0.6) is 0 Å². The normalized spacial score (nSPS) is 20.0. The molecule has 0 radical (unpaired) electrons. The highest BCUT2D eigenvalue weighted by atomic mass is 16.3. The maximum Gasteiger partial charge on any atom is 0.325 e. The third kappa shape index (κ3) is 2.37. The van der Waals surface area contributed by atoms with Crippen LogP contribution in [0.15, 0.2) is 47.0 Å². The van der Waals surface area contributed by atoms with Crippen LogP contribution in [0.1, 0.15) is 29.6 Å². The predicted molar refractivity (Wildman–Crippen MR) is 96.4 cm³/mol. The van der Waals surface area contributed by atoms with Gasteiger partial charge in [0.2, 0.25) is 0 Å². The smallest absolute Gasteiger partial charge is 0.325 e. The first kappa shape index (κ1) is 16.3. The number of para-hydroxylation sites is 1. The van der Waals surface area contributed by atoms with Crippen molar-refractivity contribution in [2.75, 3.05) is 0 Å². The van der Waals surface area contributed by atoms with Crippen molar-refractivity contribution in [3.8, 4) is 0 Å². The summed E-state index contributed by atoms with van der Waals surface area (Å²) in [6, 6.07) is 11.0. The van der Waals surface area contributed by atoms with E-state index in [0.29, 0.717) is 17.1 Å². The summed E-state index contributed by atoms with van der Waals surface area (Å²) in [5.74, 6) is 1.05. The van der Waals surface area contributed by atoms with E-state index in [1.807, 2.05) is 37.3 Å². The molecule has 3 aromatic rings. The zero-order valence-electron chi connectivity index (χ0n) is 14.9. The van der Waals surface area contributed by atoms with E-state index in [2.05, 4.69) is 10.3 Å². The molecule has 1 N–H and O–H groups in total. The highest BCUT2D eigenvalue weighted by Gasteiger charge is 2.50. The summed E-state index contributed by atoms with van der Waals surface area (Å²) in [4.78, 5) is 31.3. The number of imide groups is 1. The number of fused-ring (bicyclic) bond motifs is 1. The summed E-state index contributed by atoms with van der Waals surface area (Å²) in [7, 11) is 0. The van der Waals surface area contributed by atoms with Crippen LogP contribution >= 0.6 is 0 Å². The Kier molecular flexibility index (Phi) is 3.57. The number of aryl methyl sites for hydroxylation is 2. The molecule has 1 aliphatic rings. The van der Waals surface area contributed by atoms with E-state index in [9.17, 15) is 9.59 Å². The number of rotatable bonds is 3. The Balaban J connectivity index is 1.71. The number of amides is 3. The minimum atomic E-state index is -1.13. The number of pyridine rings is 1. The molecule has 6 heteroatoms. The molecular weight excluding hydrogens is 330 g/mol. The Morgan fingerprint density at radius 1 is 1.19 bits per heavy atom. The summed E-state index contributed by atoms with van der Waals surface area (Å²) in [5.41, 5.74) is 1.18. The second kappa shape index (κ2) is 5.69. The highest BCUT2D eigenvalue weighted by molar-refractivity contribution is 6.07. The van der Waals surface area contributed by atoms with Gasteiger partial charge in [-0.25, -0.2) is 4.79 Å². The topological polar surface area (TPSA) is 75.4 Å². The lowest BCUT2D eigenvalue weighted by molar-refractivity contribution is -0.131. The number of nitrogens with zero attached hydrogens (tertiary/aromatic N) is 2. The lowest BCUT2D eigenvalue weighted by Gasteiger charge is -2.21. The molecule has 0 bridgehead atoms. The number of benzene rings is 1. The number of hydrogen-bond donors (Lipinski definition) is 1. The van der Waals surface area contributed by atoms with Gasteiger partial charge in [0.05, 0.1) is 12.1 Å². The average Bonchev–Trinajstić information content (AvgIpc) is 3.07. The third-order valence-corrected chi connectivity index (χ3v) is 4.90. The number of carbonyl (C=O) groups is 2. The number of furan rings is 1. The maximum atomic E-state index is 13.1. The minimum absolute atomic E-state index is 0.171. The molecule has 1 unspecified atom stereocenters. The number of hydrogen-bond acceptors (Lipinski definition) is 4. The van der Waals surface area contributed by atoms with Crippen LogP contribution < -0.4 is 5.32 Å². The molecular formula is C20H19N3O3. The van der Waals surface area contributed by atoms with Gasteiger partial charge in [0.1, 0.15) is 17.1 Å². The Morgan fingerprint density at radius 3 is 2.69 bits per heavy atom. The molecule has 0 saturated carbocycles. The van der Waals surface area contributed by atoms with E-state index >= 15 is 0 Å². The van der Waals surface area contributed by atoms with Crippen LogP contribution in [0.3, 0.4) is 0 Å². The lowest BCUT2D eigenvalue weighted by atomic mass is 9.92. The van der Waals surface area contributed by atoms with Crippen molar-refractivity contribution in [3.63, 3.8) is 0 Å². The van der Waals surface area contributed by atoms with Crippen LogP contribution in [-0.2, 0) is 16.9 Å². The monoisotopic (exact) mass is 349 g/mol. The quantitative estimate of drug-likeness (QED) is 0.735. The highest BCUT2D eigenvalue weighted by Crippen LogP contribution is 2.34. The van der Waals surface area contributed by atoms with Crippen LogP contribution in [0.2, 0.25) is 0 Å². The summed E-state index contributed by atoms with van der Waals surface area (Å²) in [6.45, 7) is 5.50. The van der Waals surface area contributed by atoms with E-state index in [0.717, 1.165) is 16.5 Å². The van der Waals surface area contributed by atoms with Gasteiger partial charge in [0.15, 0.2) is 0 Å². The van der Waals surface area contributed by atoms with Gasteiger partial charge in [-0.2, -0.15) is 0 Å². The molecule has 1 aliphatic heterocycles. The summed E-state index contributed by atoms with van der Waals surface area (Å²) < 4.78 is 5.55. The molecule has 1 saturated heterocycles. The third-order valence-electron chi connectivity index (χ3n) is 4.90. The van der Waals surface area contributed by atoms with Gasteiger partial charge in [0.25, 0.3) is 5.91 Å². The van der Waals surface area contributed by atoms with Gasteiger partial charge in [-0.1, -0.05) is 24.3 Å². The van der Waals surface area contributed by atoms with Gasteiger partial charge < -0.3 is 9.73 Å². The molecule has 0 spiro atoms. The SMILES string of the molecule is Cc1cc(C2(C)NC(=O)N(Cc3cccc4cccnc34)C2=O)c(C)o1. The molecule has 1 fully saturated rings. The molecule has 6 nitrogen and oxygen atoms in total. The Morgan fingerprint density at radius 2 is 1.96 bits per heavy atom. The van der Waals surface area contributed by atoms with Crippen LogP contribution in [0.25, 0.3) is 10.9 Å². The van der Waals surface area contributed by atoms with Crippen molar-refractivity contribution in [2.24, 2.45) is 0 Å². The van der Waals surface area contributed by atoms with Crippen molar-refractivity contribution >= 4 is 22.8 Å². The fourth-order valence-corrected chi connectivity index (χ4v) is 3.62. The zero-order valence-corrected chi connectivity index (χ0v) is 14.9. The molecule has 1 atom stereocenters. The minimum Gasteiger partial charge on any atom is -0.466 e. The van der Waals surface area contributed by atoms with Crippen molar-refractivity contribution in [1.29, 1.82) is 0 Å². The fraction of sp³-hybridized carbons (Fsp3) is 0.250. The van der Waals surface area contributed by atoms with E-state index < -0.39 is 11.6 Å². The fourth-order valence-electron chi connectivity index (χ4n) is 3.62. The van der Waals surface area contributed by atoms with Crippen molar-refractivity contribution in [2.45, 2.75) is 32.9 Å². The molecule has 132 valence electrons. The molecule has 26 heavy (non-hydrogen) atoms. The summed E-state index contributed by atoms with van der Waals surface area (Å²) in [5, 5.41) is 3.80. The van der Waals surface area contributed by atoms with Crippen LogP contribution in [0, 0.1) is 13.8 Å². The van der Waals surface area contributed by atoms with Crippen LogP contribution in [0.4, 0.5) is 4.79 Å². The van der Waals surface area contributed by atoms with Gasteiger partial charge >= 0.3 is 6.03 Å². The first-order chi connectivity index (χ1) is 12.4. The average molecular weight is 349 g/mol. The molecule has 3 heterocycles. The molecule has 3 amide bonds. The molecule has 1 aromatic carbocycles. The standard InChI is InChI=1S/C20H19N3O3/c1-12-10-16(13(2)26-12)20(3)18(24)23(19(25)22-20)11-15-7-4-6-14-8-5-9-21-17(14)15/h4-10H,11H2,1-3H3,(H,22,25). The lowest BCUT2D eigenvalue weighted by Crippen LogP contribution is -2.41. The Bertz CT molecular complexity index is 1030. The Hall–Kier alpha value is -3.15. The Labute approximate surface area is 150 Å². The van der Waals surface area contributed by atoms with Gasteiger partial charge in [-0.3, -0.25) is 14.7 Å². The van der Waals surface area contributed by atoms with E-state index in [4.69, 9.17) is 4.42 Å². The van der Waals surface area contributed by atoms with E-state index in [-0.39, 0.29) is 12.5 Å². The largest absolute Gasteiger partial charge is 0.466 e. The number of nitrogens with one attached hydrogen (secondary N) is 1. The first-order valence-corrected chi connectivity index (χ1v) is 8.44. The van der Waals surface area contributed by atoms with Crippen LogP contribution in [-0.4, -0.2) is 21.8 Å². The summed E-state index contributed by atoms with van der Waals surface area (Å²) >= 11 is 0.